The van der Waals surface area contributed by atoms with E-state index in [4.69, 9.17) is 5.84 Å². The van der Waals surface area contributed by atoms with Gasteiger partial charge in [0, 0.05) is 16.0 Å². The van der Waals surface area contributed by atoms with Gasteiger partial charge in [-0.15, -0.1) is 0 Å². The molecule has 0 spiro atoms. The summed E-state index contributed by atoms with van der Waals surface area (Å²) < 4.78 is 14.0. The van der Waals surface area contributed by atoms with E-state index in [1.807, 2.05) is 13.0 Å². The van der Waals surface area contributed by atoms with Crippen molar-refractivity contribution in [2.75, 3.05) is 0 Å². The summed E-state index contributed by atoms with van der Waals surface area (Å²) in [6, 6.07) is 6.41. The number of nitrogens with zero attached hydrogens (tertiary/aromatic N) is 1. The third-order valence-electron chi connectivity index (χ3n) is 2.83. The number of nitrogens with two attached hydrogens (primary N) is 1. The Hall–Kier alpha value is -1.05. The number of halogens is 2. The van der Waals surface area contributed by atoms with Crippen LogP contribution in [0.3, 0.4) is 0 Å². The molecule has 3 nitrogen and oxygen atoms in total. The summed E-state index contributed by atoms with van der Waals surface area (Å²) in [5.74, 6) is 5.39. The molecule has 5 heteroatoms. The smallest absolute Gasteiger partial charge is 0.124 e. The van der Waals surface area contributed by atoms with Crippen LogP contribution in [0.25, 0.3) is 0 Å². The molecule has 3 N–H and O–H groups in total. The fourth-order valence-electron chi connectivity index (χ4n) is 1.86. The number of hydrogen-bond donors (Lipinski definition) is 2. The van der Waals surface area contributed by atoms with Crippen molar-refractivity contribution >= 4 is 22.6 Å². The van der Waals surface area contributed by atoms with Gasteiger partial charge in [0.25, 0.3) is 0 Å². The Morgan fingerprint density at radius 1 is 1.33 bits per heavy atom. The van der Waals surface area contributed by atoms with Gasteiger partial charge in [-0.1, -0.05) is 6.07 Å². The number of aromatic nitrogens is 1. The third kappa shape index (κ3) is 2.68. The average molecular weight is 357 g/mol. The van der Waals surface area contributed by atoms with Crippen molar-refractivity contribution in [3.05, 3.63) is 62.7 Å². The van der Waals surface area contributed by atoms with Gasteiger partial charge in [0.15, 0.2) is 0 Å². The molecule has 1 aromatic heterocycles. The quantitative estimate of drug-likeness (QED) is 0.505. The molecule has 94 valence electrons. The summed E-state index contributed by atoms with van der Waals surface area (Å²) in [7, 11) is 0. The van der Waals surface area contributed by atoms with E-state index in [9.17, 15) is 4.39 Å². The second-order valence-corrected chi connectivity index (χ2v) is 5.16. The summed E-state index contributed by atoms with van der Waals surface area (Å²) in [5, 5.41) is 0. The molecule has 18 heavy (non-hydrogen) atoms. The first-order chi connectivity index (χ1) is 8.63. The zero-order chi connectivity index (χ0) is 13.1. The summed E-state index contributed by atoms with van der Waals surface area (Å²) in [6.07, 6.45) is 3.52. The highest BCUT2D eigenvalue weighted by atomic mass is 127. The molecule has 2 rings (SSSR count). The van der Waals surface area contributed by atoms with Gasteiger partial charge >= 0.3 is 0 Å². The number of hydrogen-bond acceptors (Lipinski definition) is 3. The molecule has 0 radical (unpaired) electrons. The lowest BCUT2D eigenvalue weighted by molar-refractivity contribution is 0.610. The van der Waals surface area contributed by atoms with Crippen LogP contribution in [0.4, 0.5) is 4.39 Å². The number of nitrogens with one attached hydrogen (secondary N) is 1. The molecular weight excluding hydrogens is 344 g/mol. The maximum Gasteiger partial charge on any atom is 0.124 e. The molecule has 0 amide bonds. The number of rotatable bonds is 3. The van der Waals surface area contributed by atoms with Crippen LogP contribution < -0.4 is 11.3 Å². The Labute approximate surface area is 119 Å². The minimum Gasteiger partial charge on any atom is -0.271 e. The van der Waals surface area contributed by atoms with Gasteiger partial charge in [0.05, 0.1) is 6.04 Å². The lowest BCUT2D eigenvalue weighted by atomic mass is 9.97. The molecule has 1 atom stereocenters. The zero-order valence-corrected chi connectivity index (χ0v) is 12.0. The lowest BCUT2D eigenvalue weighted by Gasteiger charge is -2.19. The Morgan fingerprint density at radius 2 is 2.11 bits per heavy atom. The summed E-state index contributed by atoms with van der Waals surface area (Å²) >= 11 is 2.11. The predicted molar refractivity (Wildman–Crippen MR) is 77.3 cm³/mol. The molecule has 0 bridgehead atoms. The molecule has 0 aliphatic heterocycles. The van der Waals surface area contributed by atoms with E-state index in [1.54, 1.807) is 18.5 Å². The third-order valence-corrected chi connectivity index (χ3v) is 3.76. The molecule has 1 aromatic carbocycles. The second kappa shape index (κ2) is 5.73. The number of pyridine rings is 1. The fraction of sp³-hybridized carbons (Fsp3) is 0.154. The van der Waals surface area contributed by atoms with Gasteiger partial charge in [-0.3, -0.25) is 10.8 Å². The van der Waals surface area contributed by atoms with E-state index >= 15 is 0 Å². The van der Waals surface area contributed by atoms with Gasteiger partial charge in [-0.25, -0.2) is 9.82 Å². The van der Waals surface area contributed by atoms with Gasteiger partial charge in [0.1, 0.15) is 5.82 Å². The van der Waals surface area contributed by atoms with Crippen molar-refractivity contribution in [1.29, 1.82) is 0 Å². The van der Waals surface area contributed by atoms with E-state index in [1.165, 1.54) is 12.1 Å². The Kier molecular flexibility index (Phi) is 4.26. The maximum absolute atomic E-state index is 13.1. The molecule has 0 aliphatic rings. The molecule has 1 unspecified atom stereocenters. The monoisotopic (exact) mass is 357 g/mol. The molecule has 1 heterocycles. The molecule has 0 fully saturated rings. The molecule has 0 aliphatic carbocycles. The van der Waals surface area contributed by atoms with Gasteiger partial charge in [-0.2, -0.15) is 0 Å². The van der Waals surface area contributed by atoms with Crippen molar-refractivity contribution < 1.29 is 4.39 Å². The van der Waals surface area contributed by atoms with Crippen LogP contribution in [-0.4, -0.2) is 4.98 Å². The maximum atomic E-state index is 13.1. The summed E-state index contributed by atoms with van der Waals surface area (Å²) in [4.78, 5) is 4.12. The van der Waals surface area contributed by atoms with Gasteiger partial charge in [-0.05, 0) is 64.4 Å². The molecule has 0 saturated heterocycles. The van der Waals surface area contributed by atoms with E-state index in [-0.39, 0.29) is 11.9 Å². The van der Waals surface area contributed by atoms with E-state index in [2.05, 4.69) is 33.0 Å². The van der Waals surface area contributed by atoms with Gasteiger partial charge in [0.2, 0.25) is 0 Å². The highest BCUT2D eigenvalue weighted by Crippen LogP contribution is 2.27. The minimum atomic E-state index is -0.248. The van der Waals surface area contributed by atoms with Crippen LogP contribution >= 0.6 is 22.6 Å². The zero-order valence-electron chi connectivity index (χ0n) is 9.82. The Morgan fingerprint density at radius 3 is 2.72 bits per heavy atom. The van der Waals surface area contributed by atoms with E-state index in [0.717, 1.165) is 20.3 Å². The predicted octanol–water partition coefficient (Wildman–Crippen LogP) is 2.69. The normalized spacial score (nSPS) is 12.4. The van der Waals surface area contributed by atoms with Crippen LogP contribution in [0, 0.1) is 16.3 Å². The Bertz CT molecular complexity index is 560. The molecule has 0 saturated carbocycles. The number of aryl methyl sites for hydroxylation is 1. The van der Waals surface area contributed by atoms with Crippen molar-refractivity contribution in [3.63, 3.8) is 0 Å². The highest BCUT2D eigenvalue weighted by Gasteiger charge is 2.17. The van der Waals surface area contributed by atoms with Crippen molar-refractivity contribution in [3.8, 4) is 0 Å². The average Bonchev–Trinajstić information content (AvgIpc) is 2.34. The fourth-order valence-corrected chi connectivity index (χ4v) is 2.65. The van der Waals surface area contributed by atoms with Crippen molar-refractivity contribution in [1.82, 2.24) is 10.4 Å². The molecule has 2 aromatic rings. The van der Waals surface area contributed by atoms with Crippen LogP contribution in [-0.2, 0) is 0 Å². The standard InChI is InChI=1S/C13H13FIN3/c1-8-4-5-17-7-11(8)13(18-16)10-3-2-9(14)6-12(10)15/h2-7,13,18H,16H2,1H3. The first-order valence-electron chi connectivity index (χ1n) is 5.45. The second-order valence-electron chi connectivity index (χ2n) is 4.00. The van der Waals surface area contributed by atoms with Crippen LogP contribution in [0.1, 0.15) is 22.7 Å². The number of benzene rings is 1. The van der Waals surface area contributed by atoms with Gasteiger partial charge < -0.3 is 0 Å². The highest BCUT2D eigenvalue weighted by molar-refractivity contribution is 14.1. The summed E-state index contributed by atoms with van der Waals surface area (Å²) in [5.41, 5.74) is 5.79. The van der Waals surface area contributed by atoms with E-state index in [0.29, 0.717) is 0 Å². The topological polar surface area (TPSA) is 50.9 Å². The van der Waals surface area contributed by atoms with E-state index < -0.39 is 0 Å². The first-order valence-corrected chi connectivity index (χ1v) is 6.53. The van der Waals surface area contributed by atoms with Crippen LogP contribution in [0.2, 0.25) is 0 Å². The minimum absolute atomic E-state index is 0.189. The lowest BCUT2D eigenvalue weighted by Crippen LogP contribution is -2.30. The first kappa shape index (κ1) is 13.4. The van der Waals surface area contributed by atoms with Crippen molar-refractivity contribution in [2.24, 2.45) is 5.84 Å². The largest absolute Gasteiger partial charge is 0.271 e. The van der Waals surface area contributed by atoms with Crippen molar-refractivity contribution in [2.45, 2.75) is 13.0 Å². The molecular formula is C13H13FIN3. The Balaban J connectivity index is 2.49. The SMILES string of the molecule is Cc1ccncc1C(NN)c1ccc(F)cc1I. The van der Waals surface area contributed by atoms with Crippen LogP contribution in [0.5, 0.6) is 0 Å². The summed E-state index contributed by atoms with van der Waals surface area (Å²) in [6.45, 7) is 2.00. The number of hydrazine groups is 1. The van der Waals surface area contributed by atoms with Crippen LogP contribution in [0.15, 0.2) is 36.7 Å².